The van der Waals surface area contributed by atoms with Gasteiger partial charge in [0, 0.05) is 13.1 Å². The number of urea groups is 1. The zero-order chi connectivity index (χ0) is 25.3. The molecule has 0 saturated carbocycles. The molecule has 3 aromatic carbocycles. The highest BCUT2D eigenvalue weighted by atomic mass is 16.5. The minimum atomic E-state index is -0.149. The maximum Gasteiger partial charge on any atom is 0.315 e. The van der Waals surface area contributed by atoms with Gasteiger partial charge in [-0.1, -0.05) is 70.2 Å². The fourth-order valence-electron chi connectivity index (χ4n) is 3.31. The number of phenols is 1. The Morgan fingerprint density at radius 2 is 1.41 bits per heavy atom. The average Bonchev–Trinajstić information content (AvgIpc) is 2.87. The first-order valence-electron chi connectivity index (χ1n) is 12.1. The Kier molecular flexibility index (Phi) is 13.6. The van der Waals surface area contributed by atoms with E-state index in [1.165, 1.54) is 5.56 Å². The van der Waals surface area contributed by atoms with Gasteiger partial charge in [-0.25, -0.2) is 4.79 Å². The molecular formula is C29H40N2O3. The van der Waals surface area contributed by atoms with Crippen molar-refractivity contribution in [3.05, 3.63) is 89.0 Å². The third kappa shape index (κ3) is 9.99. The van der Waals surface area contributed by atoms with Gasteiger partial charge in [0.05, 0.1) is 0 Å². The van der Waals surface area contributed by atoms with E-state index in [2.05, 4.69) is 22.8 Å². The first-order valence-corrected chi connectivity index (χ1v) is 12.1. The summed E-state index contributed by atoms with van der Waals surface area (Å²) < 4.78 is 5.99. The molecule has 0 aliphatic heterocycles. The first-order chi connectivity index (χ1) is 16.5. The Hall–Kier alpha value is -3.47. The maximum absolute atomic E-state index is 11.9. The van der Waals surface area contributed by atoms with E-state index in [4.69, 9.17) is 4.74 Å². The lowest BCUT2D eigenvalue weighted by Crippen LogP contribution is -2.35. The minimum Gasteiger partial charge on any atom is -0.508 e. The molecule has 0 radical (unpaired) electrons. The lowest BCUT2D eigenvalue weighted by Gasteiger charge is -2.14. The number of hydrogen-bond donors (Lipinski definition) is 3. The number of phenolic OH excluding ortho intramolecular Hbond substituents is 1. The van der Waals surface area contributed by atoms with Crippen LogP contribution in [-0.4, -0.2) is 17.7 Å². The zero-order valence-electron chi connectivity index (χ0n) is 21.4. The third-order valence-electron chi connectivity index (χ3n) is 4.80. The van der Waals surface area contributed by atoms with Crippen LogP contribution in [0.15, 0.2) is 66.7 Å². The fraction of sp³-hybridized carbons (Fsp3) is 0.345. The summed E-state index contributed by atoms with van der Waals surface area (Å²) in [6.07, 6.45) is 1.73. The highest BCUT2D eigenvalue weighted by molar-refractivity contribution is 5.73. The molecule has 0 saturated heterocycles. The van der Waals surface area contributed by atoms with Crippen LogP contribution in [0.25, 0.3) is 0 Å². The van der Waals surface area contributed by atoms with Crippen LogP contribution in [0.3, 0.4) is 0 Å². The van der Waals surface area contributed by atoms with Gasteiger partial charge in [0.25, 0.3) is 0 Å². The van der Waals surface area contributed by atoms with Crippen LogP contribution >= 0.6 is 0 Å². The number of hydrogen-bond acceptors (Lipinski definition) is 3. The molecule has 3 rings (SSSR count). The van der Waals surface area contributed by atoms with Crippen molar-refractivity contribution in [1.29, 1.82) is 0 Å². The van der Waals surface area contributed by atoms with E-state index in [1.807, 2.05) is 71.9 Å². The van der Waals surface area contributed by atoms with Crippen molar-refractivity contribution in [2.45, 2.75) is 60.9 Å². The van der Waals surface area contributed by atoms with E-state index >= 15 is 0 Å². The molecule has 5 nitrogen and oxygen atoms in total. The van der Waals surface area contributed by atoms with Crippen LogP contribution in [0.5, 0.6) is 17.2 Å². The molecule has 0 aliphatic carbocycles. The van der Waals surface area contributed by atoms with Crippen molar-refractivity contribution in [2.75, 3.05) is 6.54 Å². The van der Waals surface area contributed by atoms with Crippen LogP contribution in [0.1, 0.15) is 56.4 Å². The second-order valence-electron chi connectivity index (χ2n) is 7.35. The summed E-state index contributed by atoms with van der Waals surface area (Å²) in [5.74, 6) is 1.74. The van der Waals surface area contributed by atoms with Gasteiger partial charge in [-0.15, -0.1) is 0 Å². The van der Waals surface area contributed by atoms with E-state index in [9.17, 15) is 9.90 Å². The SMILES string of the molecule is CC.CC.Cc1cc(CCCNC(=O)NCc2ccccc2)cc(C)c1Oc1ccc(O)cc1. The largest absolute Gasteiger partial charge is 0.508 e. The molecular weight excluding hydrogens is 424 g/mol. The molecule has 5 heteroatoms. The second kappa shape index (κ2) is 16.2. The maximum atomic E-state index is 11.9. The summed E-state index contributed by atoms with van der Waals surface area (Å²) in [7, 11) is 0. The number of aryl methyl sites for hydroxylation is 3. The van der Waals surface area contributed by atoms with Crippen LogP contribution in [-0.2, 0) is 13.0 Å². The molecule has 3 aromatic rings. The number of aromatic hydroxyl groups is 1. The fourth-order valence-corrected chi connectivity index (χ4v) is 3.31. The number of rotatable bonds is 8. The Balaban J connectivity index is 0.00000137. The second-order valence-corrected chi connectivity index (χ2v) is 7.35. The predicted octanol–water partition coefficient (Wildman–Crippen LogP) is 7.29. The van der Waals surface area contributed by atoms with E-state index in [0.29, 0.717) is 18.8 Å². The van der Waals surface area contributed by atoms with Gasteiger partial charge in [-0.3, -0.25) is 0 Å². The Labute approximate surface area is 205 Å². The molecule has 0 aliphatic rings. The number of ether oxygens (including phenoxy) is 1. The zero-order valence-corrected chi connectivity index (χ0v) is 21.4. The quantitative estimate of drug-likeness (QED) is 0.307. The highest BCUT2D eigenvalue weighted by Gasteiger charge is 2.08. The summed E-state index contributed by atoms with van der Waals surface area (Å²) in [6, 6.07) is 20.7. The van der Waals surface area contributed by atoms with Crippen molar-refractivity contribution in [1.82, 2.24) is 10.6 Å². The van der Waals surface area contributed by atoms with E-state index in [0.717, 1.165) is 35.3 Å². The summed E-state index contributed by atoms with van der Waals surface area (Å²) >= 11 is 0. The van der Waals surface area contributed by atoms with Crippen molar-refractivity contribution in [3.8, 4) is 17.2 Å². The van der Waals surface area contributed by atoms with Crippen molar-refractivity contribution >= 4 is 6.03 Å². The average molecular weight is 465 g/mol. The van der Waals surface area contributed by atoms with Gasteiger partial charge in [0.1, 0.15) is 17.2 Å². The van der Waals surface area contributed by atoms with Gasteiger partial charge in [-0.2, -0.15) is 0 Å². The smallest absolute Gasteiger partial charge is 0.315 e. The number of carbonyl (C=O) groups is 1. The van der Waals surface area contributed by atoms with Gasteiger partial charge in [-0.05, 0) is 73.2 Å². The Bertz CT molecular complexity index is 947. The van der Waals surface area contributed by atoms with Crippen molar-refractivity contribution in [3.63, 3.8) is 0 Å². The van der Waals surface area contributed by atoms with E-state index < -0.39 is 0 Å². The Morgan fingerprint density at radius 3 is 2.00 bits per heavy atom. The summed E-state index contributed by atoms with van der Waals surface area (Å²) in [6.45, 7) is 13.2. The highest BCUT2D eigenvalue weighted by Crippen LogP contribution is 2.30. The number of carbonyl (C=O) groups excluding carboxylic acids is 1. The lowest BCUT2D eigenvalue weighted by atomic mass is 10.0. The lowest BCUT2D eigenvalue weighted by molar-refractivity contribution is 0.240. The van der Waals surface area contributed by atoms with Gasteiger partial charge in [0.15, 0.2) is 0 Å². The van der Waals surface area contributed by atoms with E-state index in [1.54, 1.807) is 24.3 Å². The molecule has 0 bridgehead atoms. The molecule has 0 aromatic heterocycles. The third-order valence-corrected chi connectivity index (χ3v) is 4.80. The Morgan fingerprint density at radius 1 is 0.824 bits per heavy atom. The van der Waals surface area contributed by atoms with Crippen molar-refractivity contribution in [2.24, 2.45) is 0 Å². The van der Waals surface area contributed by atoms with Crippen molar-refractivity contribution < 1.29 is 14.6 Å². The normalized spacial score (nSPS) is 9.59. The molecule has 0 atom stereocenters. The summed E-state index contributed by atoms with van der Waals surface area (Å²) in [5, 5.41) is 15.2. The monoisotopic (exact) mass is 464 g/mol. The minimum absolute atomic E-state index is 0.149. The molecule has 0 unspecified atom stereocenters. The topological polar surface area (TPSA) is 70.6 Å². The summed E-state index contributed by atoms with van der Waals surface area (Å²) in [4.78, 5) is 11.9. The summed E-state index contributed by atoms with van der Waals surface area (Å²) in [5.41, 5.74) is 4.42. The van der Waals surface area contributed by atoms with Crippen LogP contribution < -0.4 is 15.4 Å². The molecule has 184 valence electrons. The number of nitrogens with one attached hydrogen (secondary N) is 2. The molecule has 0 spiro atoms. The van der Waals surface area contributed by atoms with Gasteiger partial charge >= 0.3 is 6.03 Å². The standard InChI is InChI=1S/C25H28N2O3.2C2H6/c1-18-15-21(16-19(2)24(18)30-23-12-10-22(28)11-13-23)9-6-14-26-25(29)27-17-20-7-4-3-5-8-20;2*1-2/h3-5,7-8,10-13,15-16,28H,6,9,14,17H2,1-2H3,(H2,26,27,29);2*1-2H3. The first kappa shape index (κ1) is 28.6. The van der Waals surface area contributed by atoms with Crippen LogP contribution in [0.4, 0.5) is 4.79 Å². The molecule has 3 N–H and O–H groups in total. The van der Waals surface area contributed by atoms with Crippen LogP contribution in [0, 0.1) is 13.8 Å². The molecule has 0 fully saturated rings. The predicted molar refractivity (Wildman–Crippen MR) is 142 cm³/mol. The van der Waals surface area contributed by atoms with Gasteiger partial charge in [0.2, 0.25) is 0 Å². The molecule has 2 amide bonds. The number of benzene rings is 3. The number of amides is 2. The molecule has 0 heterocycles. The van der Waals surface area contributed by atoms with E-state index in [-0.39, 0.29) is 11.8 Å². The van der Waals surface area contributed by atoms with Gasteiger partial charge < -0.3 is 20.5 Å². The van der Waals surface area contributed by atoms with Crippen LogP contribution in [0.2, 0.25) is 0 Å². The molecule has 34 heavy (non-hydrogen) atoms.